The Hall–Kier alpha value is -3.44. The van der Waals surface area contributed by atoms with Gasteiger partial charge in [-0.1, -0.05) is 0 Å². The maximum absolute atomic E-state index is 12.7. The SMILES string of the molecule is COc1ccc(N=Nc2c(O)cc(S(=O)(=O)O)c3c(N)ccc(S(=O)(=O)O)c23)cc1S(=O)(=O)CCOS(=O)(=O)O. The third-order valence-corrected chi connectivity index (χ3v) is 9.01. The number of anilines is 1. The van der Waals surface area contributed by atoms with Gasteiger partial charge in [0.25, 0.3) is 20.2 Å². The molecule has 40 heavy (non-hydrogen) atoms. The molecule has 0 fully saturated rings. The summed E-state index contributed by atoms with van der Waals surface area (Å²) in [7, 11) is -18.3. The number of nitrogen functional groups attached to an aromatic ring is 1. The number of sulfone groups is 1. The van der Waals surface area contributed by atoms with E-state index in [1.165, 1.54) is 6.07 Å². The van der Waals surface area contributed by atoms with E-state index in [4.69, 9.17) is 15.0 Å². The first-order valence-corrected chi connectivity index (χ1v) is 16.1. The average Bonchev–Trinajstić information content (AvgIpc) is 2.80. The molecule has 0 heterocycles. The van der Waals surface area contributed by atoms with Gasteiger partial charge in [0.2, 0.25) is 0 Å². The summed E-state index contributed by atoms with van der Waals surface area (Å²) in [5.74, 6) is -2.16. The summed E-state index contributed by atoms with van der Waals surface area (Å²) in [5, 5.41) is 16.6. The van der Waals surface area contributed by atoms with E-state index in [2.05, 4.69) is 14.4 Å². The zero-order chi connectivity index (χ0) is 30.3. The molecule has 17 nitrogen and oxygen atoms in total. The Morgan fingerprint density at radius 2 is 1.43 bits per heavy atom. The number of azo groups is 1. The molecular weight excluding hydrogens is 622 g/mol. The van der Waals surface area contributed by atoms with Crippen LogP contribution in [0.5, 0.6) is 11.5 Å². The number of aromatic hydroxyl groups is 1. The lowest BCUT2D eigenvalue weighted by molar-refractivity contribution is 0.283. The van der Waals surface area contributed by atoms with Crippen LogP contribution in [0.3, 0.4) is 0 Å². The number of hydrogen-bond acceptors (Lipinski definition) is 14. The Bertz CT molecular complexity index is 1970. The molecule has 0 aliphatic carbocycles. The molecule has 0 unspecified atom stereocenters. The third-order valence-electron chi connectivity index (χ3n) is 5.08. The van der Waals surface area contributed by atoms with E-state index in [1.807, 2.05) is 0 Å². The fourth-order valence-corrected chi connectivity index (χ4v) is 6.57. The highest BCUT2D eigenvalue weighted by atomic mass is 32.3. The fourth-order valence-electron chi connectivity index (χ4n) is 3.45. The summed E-state index contributed by atoms with van der Waals surface area (Å²) in [4.78, 5) is -2.49. The molecule has 3 aromatic carbocycles. The van der Waals surface area contributed by atoms with Crippen LogP contribution in [0.4, 0.5) is 17.1 Å². The van der Waals surface area contributed by atoms with E-state index in [1.54, 1.807) is 0 Å². The monoisotopic (exact) mass is 641 g/mol. The van der Waals surface area contributed by atoms with Crippen LogP contribution < -0.4 is 10.5 Å². The smallest absolute Gasteiger partial charge is 0.397 e. The lowest BCUT2D eigenvalue weighted by atomic mass is 10.1. The van der Waals surface area contributed by atoms with Crippen molar-refractivity contribution < 1.29 is 61.4 Å². The number of nitrogens with two attached hydrogens (primary N) is 1. The van der Waals surface area contributed by atoms with Gasteiger partial charge in [-0.25, -0.2) is 12.6 Å². The van der Waals surface area contributed by atoms with Crippen LogP contribution >= 0.6 is 0 Å². The van der Waals surface area contributed by atoms with Crippen LogP contribution in [0, 0.1) is 0 Å². The molecule has 0 aliphatic rings. The van der Waals surface area contributed by atoms with Crippen molar-refractivity contribution in [3.63, 3.8) is 0 Å². The molecule has 6 N–H and O–H groups in total. The number of phenolic OH excluding ortho intramolecular Hbond substituents is 1. The zero-order valence-corrected chi connectivity index (χ0v) is 23.1. The first kappa shape index (κ1) is 31.1. The number of hydrogen-bond donors (Lipinski definition) is 5. The highest BCUT2D eigenvalue weighted by molar-refractivity contribution is 7.91. The van der Waals surface area contributed by atoms with Crippen LogP contribution in [0.1, 0.15) is 0 Å². The van der Waals surface area contributed by atoms with E-state index in [9.17, 15) is 47.9 Å². The van der Waals surface area contributed by atoms with Crippen molar-refractivity contribution in [2.24, 2.45) is 10.2 Å². The Labute approximate surface area is 227 Å². The van der Waals surface area contributed by atoms with Gasteiger partial charge in [0, 0.05) is 22.5 Å². The quantitative estimate of drug-likeness (QED) is 0.119. The Balaban J connectivity index is 2.24. The van der Waals surface area contributed by atoms with Gasteiger partial charge in [-0.15, -0.1) is 5.11 Å². The molecule has 0 atom stereocenters. The van der Waals surface area contributed by atoms with Gasteiger partial charge in [-0.2, -0.15) is 30.4 Å². The molecule has 3 rings (SSSR count). The van der Waals surface area contributed by atoms with Crippen molar-refractivity contribution in [3.05, 3.63) is 36.4 Å². The molecule has 0 amide bonds. The molecule has 0 aliphatic heterocycles. The van der Waals surface area contributed by atoms with Gasteiger partial charge in [-0.05, 0) is 30.3 Å². The first-order valence-electron chi connectivity index (χ1n) is 10.2. The second-order valence-corrected chi connectivity index (χ2v) is 13.6. The molecule has 3 aromatic rings. The molecule has 0 bridgehead atoms. The van der Waals surface area contributed by atoms with Crippen molar-refractivity contribution in [2.75, 3.05) is 25.2 Å². The second-order valence-electron chi connectivity index (χ2n) is 7.70. The molecule has 0 aromatic heterocycles. The highest BCUT2D eigenvalue weighted by Crippen LogP contribution is 2.45. The summed E-state index contributed by atoms with van der Waals surface area (Å²) in [5.41, 5.74) is 4.43. The minimum atomic E-state index is -5.10. The molecule has 21 heteroatoms. The molecule has 218 valence electrons. The summed E-state index contributed by atoms with van der Waals surface area (Å²) in [6, 6.07) is 5.44. The molecule has 0 saturated heterocycles. The van der Waals surface area contributed by atoms with Crippen LogP contribution in [0.25, 0.3) is 10.8 Å². The minimum Gasteiger partial charge on any atom is -0.506 e. The van der Waals surface area contributed by atoms with Crippen LogP contribution in [0.2, 0.25) is 0 Å². The van der Waals surface area contributed by atoms with Crippen LogP contribution in [0.15, 0.2) is 61.3 Å². The van der Waals surface area contributed by atoms with Crippen LogP contribution in [-0.4, -0.2) is 71.9 Å². The Morgan fingerprint density at radius 1 is 0.800 bits per heavy atom. The summed E-state index contributed by atoms with van der Waals surface area (Å²) in [6.45, 7) is -0.949. The van der Waals surface area contributed by atoms with E-state index in [0.29, 0.717) is 6.07 Å². The summed E-state index contributed by atoms with van der Waals surface area (Å²) >= 11 is 0. The standard InChI is InChI=1S/C19H19N3O14S4/c1-35-13-4-2-10(8-15(13)37(24,25)7-6-36-40(32,33)34)21-22-19-12(23)9-16(39(29,30)31)17-11(20)3-5-14(18(17)19)38(26,27)28/h2-5,8-9,23H,6-7,20H2,1H3,(H,26,27,28)(H,29,30,31)(H,32,33,34). The highest BCUT2D eigenvalue weighted by Gasteiger charge is 2.27. The molecular formula is C19H19N3O14S4. The van der Waals surface area contributed by atoms with E-state index in [-0.39, 0.29) is 11.4 Å². The number of fused-ring (bicyclic) bond motifs is 1. The van der Waals surface area contributed by atoms with Gasteiger partial charge in [0.1, 0.15) is 31.9 Å². The van der Waals surface area contributed by atoms with Crippen molar-refractivity contribution in [1.29, 1.82) is 0 Å². The van der Waals surface area contributed by atoms with Gasteiger partial charge in [-0.3, -0.25) is 13.7 Å². The Kier molecular flexibility index (Phi) is 8.44. The normalized spacial score (nSPS) is 13.2. The van der Waals surface area contributed by atoms with E-state index < -0.39 is 95.4 Å². The van der Waals surface area contributed by atoms with Gasteiger partial charge < -0.3 is 15.6 Å². The van der Waals surface area contributed by atoms with Crippen LogP contribution in [-0.2, 0) is 44.7 Å². The largest absolute Gasteiger partial charge is 0.506 e. The number of phenols is 1. The third kappa shape index (κ3) is 6.82. The van der Waals surface area contributed by atoms with Crippen molar-refractivity contribution in [1.82, 2.24) is 0 Å². The number of methoxy groups -OCH3 is 1. The van der Waals surface area contributed by atoms with Crippen molar-refractivity contribution in [2.45, 2.75) is 14.7 Å². The maximum Gasteiger partial charge on any atom is 0.397 e. The summed E-state index contributed by atoms with van der Waals surface area (Å²) in [6.07, 6.45) is 0. The predicted molar refractivity (Wildman–Crippen MR) is 136 cm³/mol. The van der Waals surface area contributed by atoms with E-state index >= 15 is 0 Å². The van der Waals surface area contributed by atoms with Gasteiger partial charge in [0.05, 0.1) is 25.2 Å². The molecule has 0 radical (unpaired) electrons. The number of ether oxygens (including phenoxy) is 1. The van der Waals surface area contributed by atoms with E-state index in [0.717, 1.165) is 31.4 Å². The van der Waals surface area contributed by atoms with Gasteiger partial charge >= 0.3 is 10.4 Å². The zero-order valence-electron chi connectivity index (χ0n) is 19.9. The topological polar surface area (TPSA) is 287 Å². The summed E-state index contributed by atoms with van der Waals surface area (Å²) < 4.78 is 132. The number of benzene rings is 3. The number of nitrogens with zero attached hydrogens (tertiary/aromatic N) is 2. The van der Waals surface area contributed by atoms with Gasteiger partial charge in [0.15, 0.2) is 9.84 Å². The fraction of sp³-hybridized carbons (Fsp3) is 0.158. The first-order chi connectivity index (χ1) is 18.3. The maximum atomic E-state index is 12.7. The van der Waals surface area contributed by atoms with Crippen molar-refractivity contribution in [3.8, 4) is 11.5 Å². The lowest BCUT2D eigenvalue weighted by Crippen LogP contribution is -2.16. The molecule has 0 spiro atoms. The number of rotatable bonds is 10. The predicted octanol–water partition coefficient (Wildman–Crippen LogP) is 1.64. The lowest BCUT2D eigenvalue weighted by Gasteiger charge is -2.13. The second kappa shape index (κ2) is 10.9. The van der Waals surface area contributed by atoms with Crippen molar-refractivity contribution >= 4 is 68.3 Å². The average molecular weight is 642 g/mol. The molecule has 0 saturated carbocycles. The minimum absolute atomic E-state index is 0.210. The Morgan fingerprint density at radius 3 is 1.98 bits per heavy atom.